The number of methoxy groups -OCH3 is 1. The summed E-state index contributed by atoms with van der Waals surface area (Å²) in [5.41, 5.74) is 6.83. The molecule has 0 N–H and O–H groups in total. The molecule has 1 aliphatic carbocycles. The maximum absolute atomic E-state index is 15.7. The largest absolute Gasteiger partial charge is 0.497 e. The van der Waals surface area contributed by atoms with Crippen LogP contribution in [0.1, 0.15) is 55.9 Å². The normalized spacial score (nSPS) is 18.5. The molecule has 2 amide bonds. The molecule has 8 aromatic rings. The van der Waals surface area contributed by atoms with Crippen molar-refractivity contribution in [2.24, 2.45) is 5.41 Å². The van der Waals surface area contributed by atoms with Gasteiger partial charge in [-0.2, -0.15) is 0 Å². The van der Waals surface area contributed by atoms with Crippen molar-refractivity contribution in [1.29, 1.82) is 0 Å². The third kappa shape index (κ3) is 4.04. The van der Waals surface area contributed by atoms with E-state index in [9.17, 15) is 9.59 Å². The van der Waals surface area contributed by atoms with Gasteiger partial charge in [-0.1, -0.05) is 109 Å². The average molecular weight is 706 g/mol. The Morgan fingerprint density at radius 3 is 1.65 bits per heavy atom. The van der Waals surface area contributed by atoms with Crippen LogP contribution in [-0.2, 0) is 24.2 Å². The molecule has 2 atom stereocenters. The van der Waals surface area contributed by atoms with Crippen LogP contribution in [-0.4, -0.2) is 38.7 Å². The number of amides is 2. The second kappa shape index (κ2) is 11.3. The average Bonchev–Trinajstić information content (AvgIpc) is 3.84. The second-order valence-corrected chi connectivity index (χ2v) is 15.1. The number of hydrogen-bond donors (Lipinski definition) is 0. The Labute approximate surface area is 311 Å². The van der Waals surface area contributed by atoms with Crippen LogP contribution in [0, 0.1) is 5.41 Å². The van der Waals surface area contributed by atoms with E-state index in [1.165, 1.54) is 4.90 Å². The first-order chi connectivity index (χ1) is 26.5. The number of para-hydroxylation sites is 2. The van der Waals surface area contributed by atoms with Crippen molar-refractivity contribution in [1.82, 2.24) is 14.0 Å². The van der Waals surface area contributed by atoms with Crippen molar-refractivity contribution in [3.05, 3.63) is 161 Å². The van der Waals surface area contributed by atoms with Crippen molar-refractivity contribution in [2.75, 3.05) is 7.11 Å². The predicted molar refractivity (Wildman–Crippen MR) is 210 cm³/mol. The third-order valence-corrected chi connectivity index (χ3v) is 12.4. The maximum Gasteiger partial charge on any atom is 0.262 e. The van der Waals surface area contributed by atoms with Gasteiger partial charge in [-0.05, 0) is 60.2 Å². The summed E-state index contributed by atoms with van der Waals surface area (Å²) in [5.74, 6) is 0.316. The summed E-state index contributed by atoms with van der Waals surface area (Å²) >= 11 is 0. The lowest BCUT2D eigenvalue weighted by Crippen LogP contribution is -2.40. The fourth-order valence-electron chi connectivity index (χ4n) is 10.3. The molecular weight excluding hydrogens is 671 g/mol. The molecule has 0 saturated heterocycles. The molecule has 0 radical (unpaired) electrons. The zero-order valence-electron chi connectivity index (χ0n) is 29.7. The third-order valence-electron chi connectivity index (χ3n) is 12.4. The lowest BCUT2D eigenvalue weighted by molar-refractivity contribution is -0.129. The van der Waals surface area contributed by atoms with Gasteiger partial charge >= 0.3 is 0 Å². The van der Waals surface area contributed by atoms with Crippen LogP contribution in [0.3, 0.4) is 0 Å². The molecule has 4 heterocycles. The molecular formula is C47H35N3O4. The summed E-state index contributed by atoms with van der Waals surface area (Å²) in [6, 6.07) is 43.9. The minimum absolute atomic E-state index is 0.137. The molecule has 0 unspecified atom stereocenters. The van der Waals surface area contributed by atoms with Crippen LogP contribution in [0.4, 0.5) is 0 Å². The van der Waals surface area contributed by atoms with Crippen molar-refractivity contribution in [3.63, 3.8) is 0 Å². The van der Waals surface area contributed by atoms with E-state index in [0.29, 0.717) is 36.1 Å². The van der Waals surface area contributed by atoms with E-state index < -0.39 is 11.5 Å². The Balaban J connectivity index is 1.25. The van der Waals surface area contributed by atoms with E-state index >= 15 is 4.79 Å². The van der Waals surface area contributed by atoms with Crippen LogP contribution in [0.5, 0.6) is 5.75 Å². The first-order valence-corrected chi connectivity index (χ1v) is 18.6. The van der Waals surface area contributed by atoms with Crippen molar-refractivity contribution >= 4 is 61.2 Å². The van der Waals surface area contributed by atoms with Crippen LogP contribution >= 0.6 is 0 Å². The van der Waals surface area contributed by atoms with Gasteiger partial charge in [-0.3, -0.25) is 19.3 Å². The van der Waals surface area contributed by atoms with Crippen LogP contribution < -0.4 is 4.74 Å². The van der Waals surface area contributed by atoms with Gasteiger partial charge in [0.25, 0.3) is 11.8 Å². The summed E-state index contributed by atoms with van der Waals surface area (Å²) in [7, 11) is 1.62. The summed E-state index contributed by atoms with van der Waals surface area (Å²) in [4.78, 5) is 46.9. The highest BCUT2D eigenvalue weighted by molar-refractivity contribution is 6.39. The topological polar surface area (TPSA) is 73.5 Å². The quantitative estimate of drug-likeness (QED) is 0.155. The standard InChI is InChI=1S/C47H35N3O4/c1-54-31-22-20-30(21-23-31)27-48-45(52)40-38-32-16-8-10-18-34(32)49-36-24-37(50-35-19-11-9-17-33(35)39(41(40)46(48)53)43(50)42(38)49)47(44(36)51,25-28-12-4-2-5-13-28)26-29-14-6-3-7-15-29/h2-23,36-37H,24-27H2,1H3/t36-,37+/m0/s1. The lowest BCUT2D eigenvalue weighted by atomic mass is 9.71. The molecule has 2 aliphatic heterocycles. The van der Waals surface area contributed by atoms with Gasteiger partial charge in [-0.25, -0.2) is 0 Å². The number of ketones is 1. The van der Waals surface area contributed by atoms with E-state index in [1.807, 2.05) is 66.7 Å². The molecule has 7 heteroatoms. The Kier molecular flexibility index (Phi) is 6.49. The molecule has 0 spiro atoms. The first-order valence-electron chi connectivity index (χ1n) is 18.6. The number of benzene rings is 6. The smallest absolute Gasteiger partial charge is 0.262 e. The summed E-state index contributed by atoms with van der Waals surface area (Å²) in [6.45, 7) is 0.137. The zero-order valence-corrected chi connectivity index (χ0v) is 29.7. The summed E-state index contributed by atoms with van der Waals surface area (Å²) in [6.07, 6.45) is 1.75. The first kappa shape index (κ1) is 31.1. The summed E-state index contributed by atoms with van der Waals surface area (Å²) in [5, 5.41) is 3.34. The molecule has 3 aliphatic rings. The van der Waals surface area contributed by atoms with E-state index in [1.54, 1.807) is 7.11 Å². The lowest BCUT2D eigenvalue weighted by Gasteiger charge is -2.37. The molecule has 7 nitrogen and oxygen atoms in total. The van der Waals surface area contributed by atoms with Gasteiger partial charge in [0.05, 0.1) is 47.3 Å². The SMILES string of the molecule is COc1ccc(CN2C(=O)c3c(c4c5ccccc5n5c4c4c3c3ccccc3n4[C@H]3C[C@@H]5C(Cc4ccccc4)(Cc4ccccc4)C3=O)C2=O)cc1. The van der Waals surface area contributed by atoms with Gasteiger partial charge in [0.15, 0.2) is 5.78 Å². The number of Topliss-reactive ketones (excluding diaryl/α,β-unsaturated/α-hetero) is 1. The van der Waals surface area contributed by atoms with E-state index in [4.69, 9.17) is 4.74 Å². The van der Waals surface area contributed by atoms with Crippen LogP contribution in [0.2, 0.25) is 0 Å². The molecule has 6 aromatic carbocycles. The van der Waals surface area contributed by atoms with Crippen LogP contribution in [0.15, 0.2) is 133 Å². The Morgan fingerprint density at radius 1 is 0.593 bits per heavy atom. The molecule has 2 bridgehead atoms. The number of hydrogen-bond acceptors (Lipinski definition) is 4. The van der Waals surface area contributed by atoms with E-state index in [-0.39, 0.29) is 30.2 Å². The van der Waals surface area contributed by atoms with Gasteiger partial charge < -0.3 is 13.9 Å². The second-order valence-electron chi connectivity index (χ2n) is 15.1. The molecule has 1 fully saturated rings. The monoisotopic (exact) mass is 705 g/mol. The number of rotatable bonds is 7. The fourth-order valence-corrected chi connectivity index (χ4v) is 10.3. The van der Waals surface area contributed by atoms with E-state index in [0.717, 1.165) is 60.3 Å². The molecule has 1 saturated carbocycles. The number of fused-ring (bicyclic) bond motifs is 13. The number of nitrogens with zero attached hydrogens (tertiary/aromatic N) is 3. The van der Waals surface area contributed by atoms with Gasteiger partial charge in [-0.15, -0.1) is 0 Å². The van der Waals surface area contributed by atoms with E-state index in [2.05, 4.69) is 75.9 Å². The molecule has 262 valence electrons. The number of ether oxygens (including phenoxy) is 1. The maximum atomic E-state index is 15.7. The Hall–Kier alpha value is -6.47. The number of carbonyl (C=O) groups excluding carboxylic acids is 3. The minimum atomic E-state index is -0.795. The van der Waals surface area contributed by atoms with Crippen LogP contribution in [0.25, 0.3) is 43.6 Å². The number of carbonyl (C=O) groups is 3. The highest BCUT2D eigenvalue weighted by Gasteiger charge is 2.58. The Morgan fingerprint density at radius 2 is 1.09 bits per heavy atom. The highest BCUT2D eigenvalue weighted by Crippen LogP contribution is 2.60. The Bertz CT molecular complexity index is 2850. The van der Waals surface area contributed by atoms with Crippen molar-refractivity contribution < 1.29 is 19.1 Å². The van der Waals surface area contributed by atoms with Crippen molar-refractivity contribution in [2.45, 2.75) is 37.9 Å². The van der Waals surface area contributed by atoms with Gasteiger partial charge in [0.1, 0.15) is 5.75 Å². The predicted octanol–water partition coefficient (Wildman–Crippen LogP) is 9.25. The van der Waals surface area contributed by atoms with Gasteiger partial charge in [0.2, 0.25) is 0 Å². The minimum Gasteiger partial charge on any atom is -0.497 e. The molecule has 2 aromatic heterocycles. The zero-order chi connectivity index (χ0) is 36.3. The fraction of sp³-hybridized carbons (Fsp3) is 0.170. The molecule has 54 heavy (non-hydrogen) atoms. The van der Waals surface area contributed by atoms with Crippen molar-refractivity contribution in [3.8, 4) is 5.75 Å². The highest BCUT2D eigenvalue weighted by atomic mass is 16.5. The number of imide groups is 1. The number of aromatic nitrogens is 2. The van der Waals surface area contributed by atoms with Gasteiger partial charge in [0, 0.05) is 38.6 Å². The molecule has 11 rings (SSSR count). The summed E-state index contributed by atoms with van der Waals surface area (Å²) < 4.78 is 10.0.